The second kappa shape index (κ2) is 4.56. The third-order valence-electron chi connectivity index (χ3n) is 3.51. The molecule has 102 valence electrons. The van der Waals surface area contributed by atoms with E-state index in [9.17, 15) is 4.79 Å². The Bertz CT molecular complexity index is 1020. The van der Waals surface area contributed by atoms with Crippen molar-refractivity contribution in [1.82, 2.24) is 14.8 Å². The number of nitrogens with zero attached hydrogens (tertiary/aromatic N) is 2. The first kappa shape index (κ1) is 12.3. The number of fused-ring (bicyclic) bond motifs is 3. The summed E-state index contributed by atoms with van der Waals surface area (Å²) in [5, 5.41) is 5.17. The Hall–Kier alpha value is -2.40. The second-order valence-corrected chi connectivity index (χ2v) is 5.71. The molecule has 0 aliphatic rings. The molecule has 2 heterocycles. The van der Waals surface area contributed by atoms with Crippen LogP contribution in [-0.2, 0) is 0 Å². The maximum Gasteiger partial charge on any atom is 0.297 e. The van der Waals surface area contributed by atoms with Crippen molar-refractivity contribution >= 4 is 37.7 Å². The van der Waals surface area contributed by atoms with Crippen molar-refractivity contribution in [2.45, 2.75) is 0 Å². The van der Waals surface area contributed by atoms with Gasteiger partial charge in [0.05, 0.1) is 11.2 Å². The molecule has 0 fully saturated rings. The Morgan fingerprint density at radius 3 is 2.62 bits per heavy atom. The van der Waals surface area contributed by atoms with Gasteiger partial charge in [-0.2, -0.15) is 0 Å². The number of rotatable bonds is 1. The van der Waals surface area contributed by atoms with Gasteiger partial charge in [0.1, 0.15) is 0 Å². The zero-order valence-corrected chi connectivity index (χ0v) is 12.5. The summed E-state index contributed by atoms with van der Waals surface area (Å²) in [7, 11) is 0. The van der Waals surface area contributed by atoms with Gasteiger partial charge in [0.25, 0.3) is 5.56 Å². The highest BCUT2D eigenvalue weighted by molar-refractivity contribution is 9.10. The minimum Gasteiger partial charge on any atom is -0.288 e. The van der Waals surface area contributed by atoms with Gasteiger partial charge in [-0.25, -0.2) is 9.67 Å². The Labute approximate surface area is 128 Å². The number of aromatic amines is 1. The van der Waals surface area contributed by atoms with Crippen LogP contribution in [0.5, 0.6) is 0 Å². The van der Waals surface area contributed by atoms with Crippen LogP contribution in [0.4, 0.5) is 0 Å². The summed E-state index contributed by atoms with van der Waals surface area (Å²) in [6, 6.07) is 15.4. The van der Waals surface area contributed by atoms with Gasteiger partial charge in [-0.3, -0.25) is 9.89 Å². The molecular formula is C16H10BrN3O. The molecule has 0 spiro atoms. The van der Waals surface area contributed by atoms with Crippen LogP contribution < -0.4 is 5.56 Å². The van der Waals surface area contributed by atoms with Crippen LogP contribution >= 0.6 is 15.9 Å². The molecule has 5 heteroatoms. The normalized spacial score (nSPS) is 11.3. The van der Waals surface area contributed by atoms with E-state index < -0.39 is 0 Å². The molecule has 0 aliphatic carbocycles. The molecule has 4 nitrogen and oxygen atoms in total. The summed E-state index contributed by atoms with van der Waals surface area (Å²) in [5.41, 5.74) is 1.86. The van der Waals surface area contributed by atoms with Gasteiger partial charge in [-0.1, -0.05) is 40.2 Å². The molecule has 0 unspecified atom stereocenters. The molecule has 4 aromatic rings. The van der Waals surface area contributed by atoms with Gasteiger partial charge in [0.2, 0.25) is 0 Å². The summed E-state index contributed by atoms with van der Waals surface area (Å²) < 4.78 is 2.50. The van der Waals surface area contributed by atoms with E-state index in [4.69, 9.17) is 0 Å². The van der Waals surface area contributed by atoms with Gasteiger partial charge in [0.15, 0.2) is 5.52 Å². The average Bonchev–Trinajstić information content (AvgIpc) is 2.86. The molecule has 2 aromatic heterocycles. The SMILES string of the molecule is O=c1c2ncc3ccccc3c2[nH]n1-c1ccc(Br)cc1. The molecule has 0 aliphatic heterocycles. The highest BCUT2D eigenvalue weighted by atomic mass is 79.9. The Kier molecular flexibility index (Phi) is 2.68. The maximum absolute atomic E-state index is 12.5. The van der Waals surface area contributed by atoms with E-state index in [2.05, 4.69) is 26.0 Å². The third kappa shape index (κ3) is 1.89. The Morgan fingerprint density at radius 2 is 1.81 bits per heavy atom. The lowest BCUT2D eigenvalue weighted by molar-refractivity contribution is 0.863. The van der Waals surface area contributed by atoms with E-state index in [0.29, 0.717) is 5.52 Å². The van der Waals surface area contributed by atoms with Gasteiger partial charge >= 0.3 is 0 Å². The lowest BCUT2D eigenvalue weighted by Crippen LogP contribution is -2.14. The number of hydrogen-bond acceptors (Lipinski definition) is 2. The number of nitrogens with one attached hydrogen (secondary N) is 1. The summed E-state index contributed by atoms with van der Waals surface area (Å²) in [4.78, 5) is 16.8. The van der Waals surface area contributed by atoms with Crippen molar-refractivity contribution in [3.63, 3.8) is 0 Å². The lowest BCUT2D eigenvalue weighted by atomic mass is 10.1. The molecule has 0 saturated heterocycles. The molecule has 0 saturated carbocycles. The van der Waals surface area contributed by atoms with Crippen molar-refractivity contribution in [3.8, 4) is 5.69 Å². The van der Waals surface area contributed by atoms with E-state index in [1.807, 2.05) is 48.5 Å². The zero-order valence-electron chi connectivity index (χ0n) is 10.9. The highest BCUT2D eigenvalue weighted by Crippen LogP contribution is 2.21. The number of H-pyrrole nitrogens is 1. The van der Waals surface area contributed by atoms with E-state index in [1.165, 1.54) is 4.68 Å². The van der Waals surface area contributed by atoms with Gasteiger partial charge in [-0.15, -0.1) is 0 Å². The van der Waals surface area contributed by atoms with E-state index in [0.717, 1.165) is 26.4 Å². The van der Waals surface area contributed by atoms with Crippen molar-refractivity contribution in [2.75, 3.05) is 0 Å². The van der Waals surface area contributed by atoms with Gasteiger partial charge < -0.3 is 0 Å². The third-order valence-corrected chi connectivity index (χ3v) is 4.04. The van der Waals surface area contributed by atoms with E-state index in [-0.39, 0.29) is 5.56 Å². The number of aromatic nitrogens is 3. The standard InChI is InChI=1S/C16H10BrN3O/c17-11-5-7-12(8-6-11)20-16(21)15-14(19-20)13-4-2-1-3-10(13)9-18-15/h1-9,19H. The van der Waals surface area contributed by atoms with Gasteiger partial charge in [0, 0.05) is 21.4 Å². The van der Waals surface area contributed by atoms with Crippen LogP contribution in [0.1, 0.15) is 0 Å². The first-order valence-electron chi connectivity index (χ1n) is 6.48. The van der Waals surface area contributed by atoms with Crippen molar-refractivity contribution in [3.05, 3.63) is 69.6 Å². The molecule has 0 atom stereocenters. The minimum atomic E-state index is -0.141. The quantitative estimate of drug-likeness (QED) is 0.575. The molecule has 1 N–H and O–H groups in total. The fourth-order valence-corrected chi connectivity index (χ4v) is 2.74. The molecule has 21 heavy (non-hydrogen) atoms. The van der Waals surface area contributed by atoms with E-state index >= 15 is 0 Å². The summed E-state index contributed by atoms with van der Waals surface area (Å²) in [5.74, 6) is 0. The monoisotopic (exact) mass is 339 g/mol. The zero-order chi connectivity index (χ0) is 14.4. The fourth-order valence-electron chi connectivity index (χ4n) is 2.48. The molecule has 2 aromatic carbocycles. The van der Waals surface area contributed by atoms with Crippen LogP contribution in [0.25, 0.3) is 27.5 Å². The Morgan fingerprint density at radius 1 is 1.05 bits per heavy atom. The largest absolute Gasteiger partial charge is 0.297 e. The second-order valence-electron chi connectivity index (χ2n) is 4.80. The average molecular weight is 340 g/mol. The smallest absolute Gasteiger partial charge is 0.288 e. The molecular weight excluding hydrogens is 330 g/mol. The predicted molar refractivity (Wildman–Crippen MR) is 86.9 cm³/mol. The van der Waals surface area contributed by atoms with Crippen LogP contribution in [0, 0.1) is 0 Å². The van der Waals surface area contributed by atoms with Crippen LogP contribution in [0.3, 0.4) is 0 Å². The molecule has 4 rings (SSSR count). The van der Waals surface area contributed by atoms with Gasteiger partial charge in [-0.05, 0) is 24.3 Å². The van der Waals surface area contributed by atoms with Crippen molar-refractivity contribution in [1.29, 1.82) is 0 Å². The number of benzene rings is 2. The summed E-state index contributed by atoms with van der Waals surface area (Å²) in [6.07, 6.45) is 1.73. The molecule has 0 amide bonds. The fraction of sp³-hybridized carbons (Fsp3) is 0. The van der Waals surface area contributed by atoms with E-state index in [1.54, 1.807) is 6.20 Å². The maximum atomic E-state index is 12.5. The number of hydrogen-bond donors (Lipinski definition) is 1. The lowest BCUT2D eigenvalue weighted by Gasteiger charge is -2.01. The number of pyridine rings is 1. The van der Waals surface area contributed by atoms with Crippen LogP contribution in [0.2, 0.25) is 0 Å². The topological polar surface area (TPSA) is 50.7 Å². The first-order chi connectivity index (χ1) is 10.2. The Balaban J connectivity index is 2.07. The molecule has 0 bridgehead atoms. The minimum absolute atomic E-state index is 0.141. The summed E-state index contributed by atoms with van der Waals surface area (Å²) >= 11 is 3.39. The van der Waals surface area contributed by atoms with Crippen molar-refractivity contribution < 1.29 is 0 Å². The highest BCUT2D eigenvalue weighted by Gasteiger charge is 2.11. The summed E-state index contributed by atoms with van der Waals surface area (Å²) in [6.45, 7) is 0. The first-order valence-corrected chi connectivity index (χ1v) is 7.28. The van der Waals surface area contributed by atoms with Crippen molar-refractivity contribution in [2.24, 2.45) is 0 Å². The molecule has 0 radical (unpaired) electrons. The van der Waals surface area contributed by atoms with Crippen LogP contribution in [-0.4, -0.2) is 14.8 Å². The number of halogens is 1. The van der Waals surface area contributed by atoms with Crippen LogP contribution in [0.15, 0.2) is 64.0 Å². The predicted octanol–water partition coefficient (Wildman–Crippen LogP) is 3.63.